The number of urea groups is 1. The monoisotopic (exact) mass is 431 g/mol. The van der Waals surface area contributed by atoms with Crippen LogP contribution in [-0.2, 0) is 22.6 Å². The van der Waals surface area contributed by atoms with E-state index in [1.165, 1.54) is 4.90 Å². The predicted molar refractivity (Wildman–Crippen MR) is 113 cm³/mol. The Morgan fingerprint density at radius 3 is 2.61 bits per heavy atom. The first-order valence-corrected chi connectivity index (χ1v) is 10.2. The van der Waals surface area contributed by atoms with E-state index in [1.807, 2.05) is 44.2 Å². The highest BCUT2D eigenvalue weighted by molar-refractivity contribution is 5.84. The Morgan fingerprint density at radius 1 is 1.10 bits per heavy atom. The highest BCUT2D eigenvalue weighted by atomic mass is 16.7. The van der Waals surface area contributed by atoms with Crippen LogP contribution in [0.5, 0.6) is 11.5 Å². The van der Waals surface area contributed by atoms with Gasteiger partial charge in [0.15, 0.2) is 11.5 Å². The highest BCUT2D eigenvalue weighted by Crippen LogP contribution is 2.33. The molecule has 1 N–H and O–H groups in total. The SMILES string of the molecule is CCNC(=O)N(CCOC)CC(=O)N(Cc1ccc2c(c1)OCO2)Cc1ccc(C)o1. The van der Waals surface area contributed by atoms with Gasteiger partial charge >= 0.3 is 6.03 Å². The van der Waals surface area contributed by atoms with E-state index >= 15 is 0 Å². The zero-order chi connectivity index (χ0) is 22.2. The minimum Gasteiger partial charge on any atom is -0.464 e. The number of nitrogens with one attached hydrogen (secondary N) is 1. The Bertz CT molecular complexity index is 897. The number of carbonyl (C=O) groups excluding carboxylic acids is 2. The van der Waals surface area contributed by atoms with E-state index in [0.29, 0.717) is 43.5 Å². The lowest BCUT2D eigenvalue weighted by atomic mass is 10.2. The molecule has 0 spiro atoms. The molecule has 0 radical (unpaired) electrons. The normalized spacial score (nSPS) is 12.0. The topological polar surface area (TPSA) is 93.5 Å². The molecule has 3 amide bonds. The maximum absolute atomic E-state index is 13.2. The fraction of sp³-hybridized carbons (Fsp3) is 0.455. The van der Waals surface area contributed by atoms with Gasteiger partial charge in [-0.15, -0.1) is 0 Å². The second-order valence-corrected chi connectivity index (χ2v) is 7.20. The van der Waals surface area contributed by atoms with E-state index < -0.39 is 0 Å². The average Bonchev–Trinajstić information content (AvgIpc) is 3.38. The first kappa shape index (κ1) is 22.5. The average molecular weight is 431 g/mol. The summed E-state index contributed by atoms with van der Waals surface area (Å²) in [4.78, 5) is 28.8. The molecule has 1 aliphatic rings. The van der Waals surface area contributed by atoms with Crippen LogP contribution in [0.2, 0.25) is 0 Å². The molecule has 0 atom stereocenters. The second kappa shape index (κ2) is 10.7. The summed E-state index contributed by atoms with van der Waals surface area (Å²) in [5, 5.41) is 2.74. The molecule has 0 aliphatic carbocycles. The molecule has 1 aromatic heterocycles. The van der Waals surface area contributed by atoms with Gasteiger partial charge in [0.25, 0.3) is 0 Å². The summed E-state index contributed by atoms with van der Waals surface area (Å²) in [7, 11) is 1.56. The standard InChI is InChI=1S/C22H29N3O6/c1-4-23-22(27)24(9-10-28-3)14-21(26)25(13-18-7-5-16(2)31-18)12-17-6-8-19-20(11-17)30-15-29-19/h5-8,11H,4,9-10,12-15H2,1-3H3,(H,23,27). The molecular weight excluding hydrogens is 402 g/mol. The molecule has 1 aromatic carbocycles. The molecule has 9 nitrogen and oxygen atoms in total. The number of hydrogen-bond acceptors (Lipinski definition) is 6. The predicted octanol–water partition coefficient (Wildman–Crippen LogP) is 2.52. The van der Waals surface area contributed by atoms with E-state index in [4.69, 9.17) is 18.6 Å². The summed E-state index contributed by atoms with van der Waals surface area (Å²) in [5.74, 6) is 2.59. The number of fused-ring (bicyclic) bond motifs is 1. The van der Waals surface area contributed by atoms with Crippen molar-refractivity contribution in [3.8, 4) is 11.5 Å². The van der Waals surface area contributed by atoms with Crippen molar-refractivity contribution in [3.05, 3.63) is 47.4 Å². The van der Waals surface area contributed by atoms with Crippen LogP contribution in [0.15, 0.2) is 34.7 Å². The van der Waals surface area contributed by atoms with Crippen molar-refractivity contribution in [3.63, 3.8) is 0 Å². The van der Waals surface area contributed by atoms with Gasteiger partial charge in [-0.2, -0.15) is 0 Å². The van der Waals surface area contributed by atoms with Gasteiger partial charge in [0.1, 0.15) is 18.1 Å². The van der Waals surface area contributed by atoms with Gasteiger partial charge < -0.3 is 33.7 Å². The zero-order valence-electron chi connectivity index (χ0n) is 18.2. The quantitative estimate of drug-likeness (QED) is 0.621. The smallest absolute Gasteiger partial charge is 0.317 e. The van der Waals surface area contributed by atoms with Crippen LogP contribution in [0.4, 0.5) is 4.79 Å². The molecule has 0 unspecified atom stereocenters. The van der Waals surface area contributed by atoms with E-state index in [-0.39, 0.29) is 31.8 Å². The largest absolute Gasteiger partial charge is 0.464 e. The number of hydrogen-bond donors (Lipinski definition) is 1. The van der Waals surface area contributed by atoms with Crippen LogP contribution in [0, 0.1) is 6.92 Å². The van der Waals surface area contributed by atoms with E-state index in [1.54, 1.807) is 12.0 Å². The lowest BCUT2D eigenvalue weighted by molar-refractivity contribution is -0.133. The second-order valence-electron chi connectivity index (χ2n) is 7.20. The fourth-order valence-electron chi connectivity index (χ4n) is 3.23. The van der Waals surface area contributed by atoms with E-state index in [2.05, 4.69) is 5.32 Å². The number of ether oxygens (including phenoxy) is 3. The van der Waals surface area contributed by atoms with Crippen molar-refractivity contribution in [2.45, 2.75) is 26.9 Å². The summed E-state index contributed by atoms with van der Waals surface area (Å²) in [6.07, 6.45) is 0. The fourth-order valence-corrected chi connectivity index (χ4v) is 3.23. The molecule has 0 saturated heterocycles. The molecule has 168 valence electrons. The van der Waals surface area contributed by atoms with Crippen LogP contribution < -0.4 is 14.8 Å². The molecule has 0 bridgehead atoms. The molecular formula is C22H29N3O6. The molecule has 3 rings (SSSR count). The molecule has 1 aliphatic heterocycles. The highest BCUT2D eigenvalue weighted by Gasteiger charge is 2.23. The van der Waals surface area contributed by atoms with Crippen LogP contribution in [0.3, 0.4) is 0 Å². The van der Waals surface area contributed by atoms with Gasteiger partial charge in [0.05, 0.1) is 13.2 Å². The van der Waals surface area contributed by atoms with Gasteiger partial charge in [0, 0.05) is 26.7 Å². The van der Waals surface area contributed by atoms with Gasteiger partial charge in [-0.25, -0.2) is 4.79 Å². The maximum atomic E-state index is 13.2. The van der Waals surface area contributed by atoms with Gasteiger partial charge in [0.2, 0.25) is 12.7 Å². The Labute approximate surface area is 181 Å². The first-order chi connectivity index (χ1) is 15.0. The summed E-state index contributed by atoms with van der Waals surface area (Å²) in [5.41, 5.74) is 0.891. The molecule has 31 heavy (non-hydrogen) atoms. The third-order valence-electron chi connectivity index (χ3n) is 4.81. The van der Waals surface area contributed by atoms with Crippen molar-refractivity contribution in [1.82, 2.24) is 15.1 Å². The summed E-state index contributed by atoms with van der Waals surface area (Å²) >= 11 is 0. The Balaban J connectivity index is 1.76. The number of benzene rings is 1. The summed E-state index contributed by atoms with van der Waals surface area (Å²) in [6, 6.07) is 9.00. The van der Waals surface area contributed by atoms with Crippen LogP contribution in [-0.4, -0.2) is 61.9 Å². The number of carbonyl (C=O) groups is 2. The Kier molecular flexibility index (Phi) is 7.77. The van der Waals surface area contributed by atoms with Crippen molar-refractivity contribution in [1.29, 1.82) is 0 Å². The van der Waals surface area contributed by atoms with Crippen molar-refractivity contribution >= 4 is 11.9 Å². The molecule has 0 saturated carbocycles. The van der Waals surface area contributed by atoms with Crippen LogP contribution >= 0.6 is 0 Å². The zero-order valence-corrected chi connectivity index (χ0v) is 18.2. The minimum atomic E-state index is -0.301. The van der Waals surface area contributed by atoms with Gasteiger partial charge in [-0.1, -0.05) is 6.07 Å². The number of aryl methyl sites for hydroxylation is 1. The lowest BCUT2D eigenvalue weighted by Gasteiger charge is -2.27. The molecule has 2 heterocycles. The lowest BCUT2D eigenvalue weighted by Crippen LogP contribution is -2.47. The minimum absolute atomic E-state index is 0.0700. The number of amides is 3. The van der Waals surface area contributed by atoms with Crippen molar-refractivity contribution < 1.29 is 28.2 Å². The molecule has 0 fully saturated rings. The first-order valence-electron chi connectivity index (χ1n) is 10.2. The third-order valence-corrected chi connectivity index (χ3v) is 4.81. The van der Waals surface area contributed by atoms with Gasteiger partial charge in [-0.3, -0.25) is 4.79 Å². The Hall–Kier alpha value is -3.20. The third kappa shape index (κ3) is 6.14. The van der Waals surface area contributed by atoms with Crippen LogP contribution in [0.1, 0.15) is 24.0 Å². The number of methoxy groups -OCH3 is 1. The van der Waals surface area contributed by atoms with E-state index in [9.17, 15) is 9.59 Å². The Morgan fingerprint density at radius 2 is 1.90 bits per heavy atom. The van der Waals surface area contributed by atoms with Crippen molar-refractivity contribution in [2.75, 3.05) is 40.1 Å². The molecule has 2 aromatic rings. The maximum Gasteiger partial charge on any atom is 0.317 e. The number of furan rings is 1. The van der Waals surface area contributed by atoms with Crippen molar-refractivity contribution in [2.24, 2.45) is 0 Å². The van der Waals surface area contributed by atoms with Gasteiger partial charge in [-0.05, 0) is 43.7 Å². The summed E-state index contributed by atoms with van der Waals surface area (Å²) in [6.45, 7) is 5.55. The van der Waals surface area contributed by atoms with Crippen LogP contribution in [0.25, 0.3) is 0 Å². The summed E-state index contributed by atoms with van der Waals surface area (Å²) < 4.78 is 21.6. The number of nitrogens with zero attached hydrogens (tertiary/aromatic N) is 2. The van der Waals surface area contributed by atoms with E-state index in [0.717, 1.165) is 11.3 Å². The molecule has 9 heteroatoms. The number of rotatable bonds is 10.